The minimum atomic E-state index is -0.354. The summed E-state index contributed by atoms with van der Waals surface area (Å²) in [6.07, 6.45) is 1.57. The molecule has 0 bridgehead atoms. The molecule has 0 radical (unpaired) electrons. The smallest absolute Gasteiger partial charge is 0.407 e. The van der Waals surface area contributed by atoms with E-state index in [4.69, 9.17) is 10.5 Å². The van der Waals surface area contributed by atoms with Crippen LogP contribution in [0.3, 0.4) is 0 Å². The Hall–Kier alpha value is -0.770. The van der Waals surface area contributed by atoms with Crippen LogP contribution in [-0.2, 0) is 4.74 Å². The molecule has 0 aromatic rings. The average molecular weight is 202 g/mol. The molecule has 4 heteroatoms. The van der Waals surface area contributed by atoms with Crippen molar-refractivity contribution in [2.24, 2.45) is 11.1 Å². The number of alkyl carbamates (subject to hydrolysis) is 1. The lowest BCUT2D eigenvalue weighted by Crippen LogP contribution is -2.42. The number of rotatable bonds is 6. The van der Waals surface area contributed by atoms with E-state index in [1.54, 1.807) is 6.92 Å². The molecule has 84 valence electrons. The molecule has 0 heterocycles. The van der Waals surface area contributed by atoms with Crippen molar-refractivity contribution in [3.8, 4) is 0 Å². The Balaban J connectivity index is 3.99. The summed E-state index contributed by atoms with van der Waals surface area (Å²) in [6.45, 7) is 7.54. The molecular weight excluding hydrogens is 180 g/mol. The van der Waals surface area contributed by atoms with Crippen LogP contribution in [0.4, 0.5) is 4.79 Å². The highest BCUT2D eigenvalue weighted by molar-refractivity contribution is 5.67. The first-order valence-corrected chi connectivity index (χ1v) is 5.24. The molecular formula is C10H22N2O2. The molecule has 4 nitrogen and oxygen atoms in total. The largest absolute Gasteiger partial charge is 0.450 e. The standard InChI is InChI=1S/C10H22N2O2/c1-4-10(5-2,7-11)8-12-9(13)14-6-3/h4-8,11H2,1-3H3,(H,12,13). The third-order valence-corrected chi connectivity index (χ3v) is 2.82. The monoisotopic (exact) mass is 202 g/mol. The van der Waals surface area contributed by atoms with Crippen molar-refractivity contribution in [1.29, 1.82) is 0 Å². The number of carbonyl (C=O) groups excluding carboxylic acids is 1. The maximum absolute atomic E-state index is 11.1. The van der Waals surface area contributed by atoms with E-state index in [1.807, 2.05) is 0 Å². The summed E-state index contributed by atoms with van der Waals surface area (Å²) < 4.78 is 4.78. The summed E-state index contributed by atoms with van der Waals surface area (Å²) in [6, 6.07) is 0. The maximum atomic E-state index is 11.1. The van der Waals surface area contributed by atoms with Crippen molar-refractivity contribution in [3.63, 3.8) is 0 Å². The predicted octanol–water partition coefficient (Wildman–Crippen LogP) is 1.50. The first kappa shape index (κ1) is 13.2. The molecule has 0 spiro atoms. The first-order valence-electron chi connectivity index (χ1n) is 5.24. The SMILES string of the molecule is CCOC(=O)NCC(CC)(CC)CN. The van der Waals surface area contributed by atoms with Gasteiger partial charge < -0.3 is 15.8 Å². The second kappa shape index (κ2) is 6.65. The quantitative estimate of drug-likeness (QED) is 0.686. The third kappa shape index (κ3) is 3.96. The topological polar surface area (TPSA) is 64.3 Å². The summed E-state index contributed by atoms with van der Waals surface area (Å²) in [5.74, 6) is 0. The van der Waals surface area contributed by atoms with Gasteiger partial charge in [0.1, 0.15) is 0 Å². The molecule has 0 atom stereocenters. The number of hydrogen-bond donors (Lipinski definition) is 2. The molecule has 1 amide bonds. The van der Waals surface area contributed by atoms with E-state index in [9.17, 15) is 4.79 Å². The van der Waals surface area contributed by atoms with Crippen LogP contribution < -0.4 is 11.1 Å². The van der Waals surface area contributed by atoms with Crippen molar-refractivity contribution in [2.75, 3.05) is 19.7 Å². The molecule has 0 fully saturated rings. The summed E-state index contributed by atoms with van der Waals surface area (Å²) in [7, 11) is 0. The molecule has 0 aromatic heterocycles. The fourth-order valence-corrected chi connectivity index (χ4v) is 1.30. The Kier molecular flexibility index (Phi) is 6.28. The molecule has 0 unspecified atom stereocenters. The van der Waals surface area contributed by atoms with Crippen molar-refractivity contribution < 1.29 is 9.53 Å². The third-order valence-electron chi connectivity index (χ3n) is 2.82. The fraction of sp³-hybridized carbons (Fsp3) is 0.900. The zero-order valence-electron chi connectivity index (χ0n) is 9.43. The van der Waals surface area contributed by atoms with Crippen LogP contribution >= 0.6 is 0 Å². The van der Waals surface area contributed by atoms with Gasteiger partial charge in [0.25, 0.3) is 0 Å². The molecule has 0 aliphatic carbocycles. The van der Waals surface area contributed by atoms with Crippen molar-refractivity contribution in [1.82, 2.24) is 5.32 Å². The molecule has 0 aromatic carbocycles. The Morgan fingerprint density at radius 1 is 1.36 bits per heavy atom. The van der Waals surface area contributed by atoms with E-state index in [0.29, 0.717) is 19.7 Å². The normalized spacial score (nSPS) is 11.1. The van der Waals surface area contributed by atoms with Gasteiger partial charge in [-0.1, -0.05) is 13.8 Å². The second-order valence-corrected chi connectivity index (χ2v) is 3.49. The summed E-state index contributed by atoms with van der Waals surface area (Å²) in [5.41, 5.74) is 5.72. The average Bonchev–Trinajstić information content (AvgIpc) is 2.21. The van der Waals surface area contributed by atoms with Gasteiger partial charge in [0.05, 0.1) is 6.61 Å². The van der Waals surface area contributed by atoms with Gasteiger partial charge in [-0.25, -0.2) is 4.79 Å². The van der Waals surface area contributed by atoms with Crippen LogP contribution in [0.25, 0.3) is 0 Å². The van der Waals surface area contributed by atoms with Gasteiger partial charge in [0, 0.05) is 6.54 Å². The van der Waals surface area contributed by atoms with Crippen LogP contribution in [0, 0.1) is 5.41 Å². The Morgan fingerprint density at radius 2 is 1.93 bits per heavy atom. The lowest BCUT2D eigenvalue weighted by molar-refractivity contribution is 0.143. The minimum absolute atomic E-state index is 0.0206. The van der Waals surface area contributed by atoms with Gasteiger partial charge in [0.15, 0.2) is 0 Å². The van der Waals surface area contributed by atoms with E-state index in [1.165, 1.54) is 0 Å². The van der Waals surface area contributed by atoms with Crippen molar-refractivity contribution in [2.45, 2.75) is 33.6 Å². The number of nitrogens with two attached hydrogens (primary N) is 1. The molecule has 3 N–H and O–H groups in total. The molecule has 0 aliphatic heterocycles. The Bertz CT molecular complexity index is 159. The van der Waals surface area contributed by atoms with Crippen LogP contribution in [0.5, 0.6) is 0 Å². The van der Waals surface area contributed by atoms with Crippen LogP contribution in [0.1, 0.15) is 33.6 Å². The van der Waals surface area contributed by atoms with E-state index in [-0.39, 0.29) is 11.5 Å². The first-order chi connectivity index (χ1) is 6.64. The number of carbonyl (C=O) groups is 1. The van der Waals surface area contributed by atoms with Crippen LogP contribution in [0.2, 0.25) is 0 Å². The summed E-state index contributed by atoms with van der Waals surface area (Å²) in [5, 5.41) is 2.74. The van der Waals surface area contributed by atoms with Gasteiger partial charge in [0.2, 0.25) is 0 Å². The predicted molar refractivity (Wildman–Crippen MR) is 57.1 cm³/mol. The van der Waals surface area contributed by atoms with Crippen LogP contribution in [-0.4, -0.2) is 25.8 Å². The van der Waals surface area contributed by atoms with Gasteiger partial charge >= 0.3 is 6.09 Å². The number of nitrogens with one attached hydrogen (secondary N) is 1. The number of amides is 1. The van der Waals surface area contributed by atoms with Crippen molar-refractivity contribution >= 4 is 6.09 Å². The lowest BCUT2D eigenvalue weighted by Gasteiger charge is -2.29. The van der Waals surface area contributed by atoms with Gasteiger partial charge in [-0.2, -0.15) is 0 Å². The summed E-state index contributed by atoms with van der Waals surface area (Å²) in [4.78, 5) is 11.1. The number of hydrogen-bond acceptors (Lipinski definition) is 3. The number of ether oxygens (including phenoxy) is 1. The Morgan fingerprint density at radius 3 is 2.29 bits per heavy atom. The highest BCUT2D eigenvalue weighted by atomic mass is 16.5. The highest BCUT2D eigenvalue weighted by Gasteiger charge is 2.24. The maximum Gasteiger partial charge on any atom is 0.407 e. The van der Waals surface area contributed by atoms with Gasteiger partial charge in [-0.3, -0.25) is 0 Å². The molecule has 0 saturated carbocycles. The zero-order chi connectivity index (χ0) is 11.0. The zero-order valence-corrected chi connectivity index (χ0v) is 9.43. The van der Waals surface area contributed by atoms with Gasteiger partial charge in [-0.15, -0.1) is 0 Å². The molecule has 0 saturated heterocycles. The van der Waals surface area contributed by atoms with Gasteiger partial charge in [-0.05, 0) is 31.7 Å². The minimum Gasteiger partial charge on any atom is -0.450 e. The van der Waals surface area contributed by atoms with Crippen molar-refractivity contribution in [3.05, 3.63) is 0 Å². The fourth-order valence-electron chi connectivity index (χ4n) is 1.30. The molecule has 0 aliphatic rings. The molecule has 14 heavy (non-hydrogen) atoms. The van der Waals surface area contributed by atoms with E-state index < -0.39 is 0 Å². The molecule has 0 rings (SSSR count). The highest BCUT2D eigenvalue weighted by Crippen LogP contribution is 2.23. The van der Waals surface area contributed by atoms with E-state index >= 15 is 0 Å². The van der Waals surface area contributed by atoms with E-state index in [0.717, 1.165) is 12.8 Å². The Labute approximate surface area is 86.2 Å². The van der Waals surface area contributed by atoms with E-state index in [2.05, 4.69) is 19.2 Å². The summed E-state index contributed by atoms with van der Waals surface area (Å²) >= 11 is 0. The lowest BCUT2D eigenvalue weighted by atomic mass is 9.82. The second-order valence-electron chi connectivity index (χ2n) is 3.49. The van der Waals surface area contributed by atoms with Crippen LogP contribution in [0.15, 0.2) is 0 Å².